The summed E-state index contributed by atoms with van der Waals surface area (Å²) in [5.74, 6) is -0.574. The number of nitrogens with zero attached hydrogens (tertiary/aromatic N) is 2. The zero-order valence-electron chi connectivity index (χ0n) is 14.4. The van der Waals surface area contributed by atoms with Crippen molar-refractivity contribution < 1.29 is 5.11 Å². The van der Waals surface area contributed by atoms with Crippen molar-refractivity contribution in [3.8, 4) is 5.75 Å². The molecule has 0 spiro atoms. The SMILES string of the molecule is CC1(c2cn3ccn(Cc4cccc(Cl)c4)c(=O)c3c(O)c2=O)NC=CN1. The average molecular weight is 385 g/mol. The van der Waals surface area contributed by atoms with Crippen molar-refractivity contribution in [1.29, 1.82) is 0 Å². The number of nitrogens with one attached hydrogen (secondary N) is 2. The first-order valence-corrected chi connectivity index (χ1v) is 8.69. The molecule has 0 fully saturated rings. The van der Waals surface area contributed by atoms with E-state index in [-0.39, 0.29) is 12.1 Å². The molecule has 0 bridgehead atoms. The maximum Gasteiger partial charge on any atom is 0.279 e. The monoisotopic (exact) mass is 384 g/mol. The Balaban J connectivity index is 1.85. The van der Waals surface area contributed by atoms with Crippen molar-refractivity contribution >= 4 is 17.1 Å². The Bertz CT molecular complexity index is 1190. The first-order chi connectivity index (χ1) is 12.9. The average Bonchev–Trinajstić information content (AvgIpc) is 3.08. The van der Waals surface area contributed by atoms with Gasteiger partial charge < -0.3 is 24.7 Å². The fourth-order valence-corrected chi connectivity index (χ4v) is 3.44. The Hall–Kier alpha value is -3.19. The molecule has 0 amide bonds. The maximum atomic E-state index is 12.9. The minimum absolute atomic E-state index is 0.0668. The van der Waals surface area contributed by atoms with Crippen LogP contribution in [0.15, 0.2) is 64.8 Å². The molecule has 3 aromatic rings. The smallest absolute Gasteiger partial charge is 0.279 e. The number of benzene rings is 1. The second-order valence-electron chi connectivity index (χ2n) is 6.58. The highest BCUT2D eigenvalue weighted by Gasteiger charge is 2.31. The summed E-state index contributed by atoms with van der Waals surface area (Å²) >= 11 is 5.99. The minimum atomic E-state index is -0.856. The Morgan fingerprint density at radius 1 is 1.19 bits per heavy atom. The van der Waals surface area contributed by atoms with Gasteiger partial charge >= 0.3 is 0 Å². The first kappa shape index (κ1) is 17.2. The van der Waals surface area contributed by atoms with Crippen molar-refractivity contribution in [1.82, 2.24) is 19.6 Å². The summed E-state index contributed by atoms with van der Waals surface area (Å²) < 4.78 is 2.89. The molecule has 0 saturated heterocycles. The van der Waals surface area contributed by atoms with Gasteiger partial charge in [0.25, 0.3) is 5.56 Å². The van der Waals surface area contributed by atoms with Crippen LogP contribution < -0.4 is 21.6 Å². The van der Waals surface area contributed by atoms with E-state index in [4.69, 9.17) is 11.6 Å². The van der Waals surface area contributed by atoms with E-state index in [2.05, 4.69) is 10.6 Å². The lowest BCUT2D eigenvalue weighted by atomic mass is 10.0. The highest BCUT2D eigenvalue weighted by molar-refractivity contribution is 6.30. The van der Waals surface area contributed by atoms with Gasteiger partial charge in [0.2, 0.25) is 5.43 Å². The molecule has 27 heavy (non-hydrogen) atoms. The van der Waals surface area contributed by atoms with Gasteiger partial charge in [0.15, 0.2) is 11.3 Å². The van der Waals surface area contributed by atoms with E-state index in [1.165, 1.54) is 8.97 Å². The molecule has 2 aromatic heterocycles. The van der Waals surface area contributed by atoms with Crippen LogP contribution in [0.25, 0.3) is 5.52 Å². The maximum absolute atomic E-state index is 12.9. The summed E-state index contributed by atoms with van der Waals surface area (Å²) in [6.45, 7) is 2.05. The number of pyridine rings is 1. The first-order valence-electron chi connectivity index (χ1n) is 8.32. The van der Waals surface area contributed by atoms with Gasteiger partial charge in [0.05, 0.1) is 12.1 Å². The van der Waals surface area contributed by atoms with Gasteiger partial charge in [-0.25, -0.2) is 0 Å². The predicted molar refractivity (Wildman–Crippen MR) is 103 cm³/mol. The molecule has 3 heterocycles. The van der Waals surface area contributed by atoms with Gasteiger partial charge in [-0.2, -0.15) is 0 Å². The summed E-state index contributed by atoms with van der Waals surface area (Å²) in [4.78, 5) is 25.6. The molecule has 0 saturated carbocycles. The van der Waals surface area contributed by atoms with Crippen LogP contribution in [0.4, 0.5) is 0 Å². The summed E-state index contributed by atoms with van der Waals surface area (Å²) in [5, 5.41) is 17.1. The third-order valence-corrected chi connectivity index (χ3v) is 4.92. The molecular weight excluding hydrogens is 368 g/mol. The largest absolute Gasteiger partial charge is 0.503 e. The van der Waals surface area contributed by atoms with E-state index >= 15 is 0 Å². The Morgan fingerprint density at radius 3 is 2.63 bits per heavy atom. The van der Waals surface area contributed by atoms with Crippen LogP contribution in [0.3, 0.4) is 0 Å². The second kappa shape index (κ2) is 6.21. The number of halogens is 1. The molecule has 1 aliphatic rings. The Kier molecular flexibility index (Phi) is 3.96. The molecule has 4 rings (SSSR count). The number of hydrogen-bond acceptors (Lipinski definition) is 5. The molecule has 7 nitrogen and oxygen atoms in total. The predicted octanol–water partition coefficient (Wildman–Crippen LogP) is 1.71. The van der Waals surface area contributed by atoms with Gasteiger partial charge in [-0.1, -0.05) is 23.7 Å². The van der Waals surface area contributed by atoms with E-state index in [1.807, 2.05) is 6.07 Å². The van der Waals surface area contributed by atoms with Gasteiger partial charge in [-0.05, 0) is 24.6 Å². The topological polar surface area (TPSA) is 87.8 Å². The van der Waals surface area contributed by atoms with Gasteiger partial charge in [-0.3, -0.25) is 9.59 Å². The van der Waals surface area contributed by atoms with Gasteiger partial charge in [0, 0.05) is 36.0 Å². The fraction of sp³-hybridized carbons (Fsp3) is 0.158. The van der Waals surface area contributed by atoms with Crippen molar-refractivity contribution in [2.75, 3.05) is 0 Å². The Labute approximate surface area is 159 Å². The molecular formula is C19H17ClN4O3. The highest BCUT2D eigenvalue weighted by atomic mass is 35.5. The minimum Gasteiger partial charge on any atom is -0.503 e. The Morgan fingerprint density at radius 2 is 1.93 bits per heavy atom. The van der Waals surface area contributed by atoms with Crippen molar-refractivity contribution in [3.05, 3.63) is 92.0 Å². The van der Waals surface area contributed by atoms with Gasteiger partial charge in [0.1, 0.15) is 5.66 Å². The van der Waals surface area contributed by atoms with E-state index in [0.717, 1.165) is 5.56 Å². The molecule has 0 unspecified atom stereocenters. The lowest BCUT2D eigenvalue weighted by Crippen LogP contribution is -2.46. The molecule has 1 aromatic carbocycles. The standard InChI is InChI=1S/C19H17ClN4O3/c1-19(21-5-6-22-19)14-11-23-7-8-24(10-12-3-2-4-13(20)9-12)18(27)15(23)17(26)16(14)25/h2-9,11,21-22,26H,10H2,1H3. The van der Waals surface area contributed by atoms with E-state index in [1.54, 1.807) is 56.1 Å². The quantitative estimate of drug-likeness (QED) is 0.640. The summed E-state index contributed by atoms with van der Waals surface area (Å²) in [5.41, 5.74) is -0.846. The van der Waals surface area contributed by atoms with Crippen molar-refractivity contribution in [3.63, 3.8) is 0 Å². The van der Waals surface area contributed by atoms with Crippen molar-refractivity contribution in [2.24, 2.45) is 0 Å². The van der Waals surface area contributed by atoms with Crippen LogP contribution in [-0.4, -0.2) is 14.1 Å². The van der Waals surface area contributed by atoms with Gasteiger partial charge in [-0.15, -0.1) is 0 Å². The summed E-state index contributed by atoms with van der Waals surface area (Å²) in [6, 6.07) is 7.16. The normalized spacial score (nSPS) is 14.9. The third-order valence-electron chi connectivity index (χ3n) is 4.69. The van der Waals surface area contributed by atoms with Crippen molar-refractivity contribution in [2.45, 2.75) is 19.1 Å². The lowest BCUT2D eigenvalue weighted by molar-refractivity contribution is 0.388. The number of fused-ring (bicyclic) bond motifs is 1. The summed E-state index contributed by atoms with van der Waals surface area (Å²) in [6.07, 6.45) is 8.15. The van der Waals surface area contributed by atoms with E-state index in [0.29, 0.717) is 10.6 Å². The highest BCUT2D eigenvalue weighted by Crippen LogP contribution is 2.21. The number of aromatic hydroxyl groups is 1. The molecule has 1 aliphatic heterocycles. The number of hydrogen-bond donors (Lipinski definition) is 3. The fourth-order valence-electron chi connectivity index (χ4n) is 3.23. The summed E-state index contributed by atoms with van der Waals surface area (Å²) in [7, 11) is 0. The molecule has 0 atom stereocenters. The van der Waals surface area contributed by atoms with Crippen LogP contribution in [0.5, 0.6) is 5.75 Å². The van der Waals surface area contributed by atoms with Crippen LogP contribution in [0.1, 0.15) is 18.1 Å². The van der Waals surface area contributed by atoms with E-state index in [9.17, 15) is 14.7 Å². The zero-order chi connectivity index (χ0) is 19.2. The number of rotatable bonds is 3. The molecule has 138 valence electrons. The third kappa shape index (κ3) is 2.86. The second-order valence-corrected chi connectivity index (χ2v) is 7.02. The lowest BCUT2D eigenvalue weighted by Gasteiger charge is -2.26. The molecule has 0 aliphatic carbocycles. The van der Waals surface area contributed by atoms with Crippen LogP contribution in [0.2, 0.25) is 5.02 Å². The zero-order valence-corrected chi connectivity index (χ0v) is 15.2. The number of aromatic nitrogens is 2. The van der Waals surface area contributed by atoms with Crippen LogP contribution in [0, 0.1) is 0 Å². The molecule has 3 N–H and O–H groups in total. The van der Waals surface area contributed by atoms with Crippen LogP contribution in [-0.2, 0) is 12.2 Å². The molecule has 8 heteroatoms. The molecule has 0 radical (unpaired) electrons. The van der Waals surface area contributed by atoms with E-state index < -0.39 is 22.4 Å². The van der Waals surface area contributed by atoms with Crippen LogP contribution >= 0.6 is 11.6 Å².